The third-order valence-electron chi connectivity index (χ3n) is 9.67. The smallest absolute Gasteiger partial charge is 0.343 e. The minimum absolute atomic E-state index is 0.0169. The van der Waals surface area contributed by atoms with Crippen LogP contribution >= 0.6 is 11.8 Å². The first kappa shape index (κ1) is 26.2. The summed E-state index contributed by atoms with van der Waals surface area (Å²) in [6.45, 7) is 4.15. The van der Waals surface area contributed by atoms with E-state index in [0.29, 0.717) is 12.0 Å². The Morgan fingerprint density at radius 3 is 2.59 bits per heavy atom. The molecule has 0 radical (unpaired) electrons. The number of allylic oxidation sites excluding steroid dienone is 4. The zero-order valence-corrected chi connectivity index (χ0v) is 22.6. The molecule has 2 amide bonds. The SMILES string of the molecule is C[C@]12C[C@H](O)C3C(CCC4=CC(=O)C=C[C@@]43C)C1C[C@](O)(C(=O)Oc1ccc(/C=C3\SC(=O)NC3=O)cc1)C2. The standard InChI is InChI=1S/C30H31NO7S/c1-28-14-22(33)24-20(8-5-17-12-18(32)9-10-29(17,24)2)21(28)13-30(37,15-28)26(35)38-19-6-3-16(4-7-19)11-23-25(34)31-27(36)39-23/h3-4,6-7,9-12,20-22,24,33,37H,5,8,13-15H2,1-2H3,(H,31,34,36)/b23-11-/t20?,21?,22-,24?,28+,29-,30+/m0/s1. The fraction of sp³-hybridized carbons (Fsp3) is 0.467. The first-order chi connectivity index (χ1) is 18.4. The lowest BCUT2D eigenvalue weighted by molar-refractivity contribution is -0.155. The molecule has 8 nitrogen and oxygen atoms in total. The highest BCUT2D eigenvalue weighted by Crippen LogP contribution is 2.66. The molecule has 9 heteroatoms. The van der Waals surface area contributed by atoms with Crippen LogP contribution in [0.4, 0.5) is 4.79 Å². The van der Waals surface area contributed by atoms with Gasteiger partial charge in [0.1, 0.15) is 5.75 Å². The van der Waals surface area contributed by atoms with Gasteiger partial charge in [0.2, 0.25) is 0 Å². The molecule has 0 aromatic heterocycles. The Bertz CT molecular complexity index is 1380. The highest BCUT2D eigenvalue weighted by atomic mass is 32.2. The van der Waals surface area contributed by atoms with Crippen molar-refractivity contribution in [2.24, 2.45) is 28.6 Å². The number of ether oxygens (including phenoxy) is 1. The summed E-state index contributed by atoms with van der Waals surface area (Å²) in [5.41, 5.74) is -0.793. The molecule has 1 aromatic carbocycles. The molecule has 1 saturated heterocycles. The summed E-state index contributed by atoms with van der Waals surface area (Å²) < 4.78 is 5.63. The number of esters is 1. The van der Waals surface area contributed by atoms with Gasteiger partial charge in [-0.2, -0.15) is 0 Å². The van der Waals surface area contributed by atoms with Crippen molar-refractivity contribution >= 4 is 40.7 Å². The van der Waals surface area contributed by atoms with Crippen LogP contribution in [0.25, 0.3) is 6.08 Å². The molecule has 5 aliphatic rings. The highest BCUT2D eigenvalue weighted by molar-refractivity contribution is 8.18. The predicted molar refractivity (Wildman–Crippen MR) is 144 cm³/mol. The number of ketones is 1. The van der Waals surface area contributed by atoms with Crippen LogP contribution in [-0.4, -0.2) is 44.8 Å². The first-order valence-corrected chi connectivity index (χ1v) is 14.1. The lowest BCUT2D eigenvalue weighted by Gasteiger charge is -2.57. The van der Waals surface area contributed by atoms with E-state index in [1.807, 2.05) is 6.08 Å². The van der Waals surface area contributed by atoms with Crippen molar-refractivity contribution in [1.29, 1.82) is 0 Å². The fourth-order valence-corrected chi connectivity index (χ4v) is 8.71. The Kier molecular flexibility index (Phi) is 6.06. The maximum absolute atomic E-state index is 13.3. The fourth-order valence-electron chi connectivity index (χ4n) is 8.03. The van der Waals surface area contributed by atoms with Gasteiger partial charge in [-0.15, -0.1) is 0 Å². The number of fused-ring (bicyclic) bond motifs is 5. The first-order valence-electron chi connectivity index (χ1n) is 13.3. The van der Waals surface area contributed by atoms with Crippen molar-refractivity contribution in [3.8, 4) is 5.75 Å². The summed E-state index contributed by atoms with van der Waals surface area (Å²) in [6.07, 6.45) is 8.71. The van der Waals surface area contributed by atoms with E-state index in [2.05, 4.69) is 19.2 Å². The van der Waals surface area contributed by atoms with Gasteiger partial charge in [0, 0.05) is 11.3 Å². The van der Waals surface area contributed by atoms with Gasteiger partial charge < -0.3 is 14.9 Å². The second-order valence-electron chi connectivity index (χ2n) is 12.2. The third kappa shape index (κ3) is 4.31. The second kappa shape index (κ2) is 9.01. The van der Waals surface area contributed by atoms with E-state index in [4.69, 9.17) is 4.74 Å². The van der Waals surface area contributed by atoms with Crippen molar-refractivity contribution in [3.63, 3.8) is 0 Å². The van der Waals surface area contributed by atoms with Gasteiger partial charge in [0.25, 0.3) is 11.1 Å². The van der Waals surface area contributed by atoms with Gasteiger partial charge in [-0.25, -0.2) is 4.79 Å². The van der Waals surface area contributed by atoms with Crippen LogP contribution in [0.15, 0.2) is 53.0 Å². The Hall–Kier alpha value is -3.01. The van der Waals surface area contributed by atoms with E-state index in [1.54, 1.807) is 42.5 Å². The summed E-state index contributed by atoms with van der Waals surface area (Å²) >= 11 is 0.826. The molecule has 3 N–H and O–H groups in total. The molecule has 7 atom stereocenters. The summed E-state index contributed by atoms with van der Waals surface area (Å²) in [5.74, 6) is -0.863. The molecular weight excluding hydrogens is 518 g/mol. The number of amides is 2. The number of imide groups is 1. The van der Waals surface area contributed by atoms with Crippen molar-refractivity contribution < 1.29 is 34.1 Å². The molecule has 1 heterocycles. The van der Waals surface area contributed by atoms with Gasteiger partial charge in [-0.05, 0) is 97.0 Å². The number of aliphatic hydroxyl groups is 2. The number of hydrogen-bond acceptors (Lipinski definition) is 8. The Morgan fingerprint density at radius 2 is 1.90 bits per heavy atom. The minimum atomic E-state index is -1.68. The van der Waals surface area contributed by atoms with E-state index < -0.39 is 39.7 Å². The molecule has 0 bridgehead atoms. The quantitative estimate of drug-likeness (QED) is 0.294. The molecule has 3 unspecified atom stereocenters. The average Bonchev–Trinajstić information content (AvgIpc) is 3.34. The maximum Gasteiger partial charge on any atom is 0.343 e. The topological polar surface area (TPSA) is 130 Å². The number of rotatable bonds is 3. The van der Waals surface area contributed by atoms with Gasteiger partial charge >= 0.3 is 5.97 Å². The third-order valence-corrected chi connectivity index (χ3v) is 10.5. The van der Waals surface area contributed by atoms with Crippen molar-refractivity contribution in [1.82, 2.24) is 5.32 Å². The molecule has 1 aromatic rings. The van der Waals surface area contributed by atoms with E-state index >= 15 is 0 Å². The Labute approximate surface area is 230 Å². The minimum Gasteiger partial charge on any atom is -0.424 e. The van der Waals surface area contributed by atoms with E-state index in [-0.39, 0.29) is 47.0 Å². The van der Waals surface area contributed by atoms with Crippen molar-refractivity contribution in [2.75, 3.05) is 0 Å². The van der Waals surface area contributed by atoms with E-state index in [9.17, 15) is 29.4 Å². The van der Waals surface area contributed by atoms with Crippen molar-refractivity contribution in [3.05, 3.63) is 58.5 Å². The number of hydrogen-bond donors (Lipinski definition) is 3. The van der Waals surface area contributed by atoms with Gasteiger partial charge in [0.15, 0.2) is 11.4 Å². The molecule has 4 fully saturated rings. The molecule has 6 rings (SSSR count). The van der Waals surface area contributed by atoms with Crippen LogP contribution in [0.2, 0.25) is 0 Å². The van der Waals surface area contributed by atoms with Crippen molar-refractivity contribution in [2.45, 2.75) is 57.7 Å². The predicted octanol–water partition coefficient (Wildman–Crippen LogP) is 3.93. The summed E-state index contributed by atoms with van der Waals surface area (Å²) in [4.78, 5) is 48.8. The summed E-state index contributed by atoms with van der Waals surface area (Å²) in [7, 11) is 0. The van der Waals surface area contributed by atoms with E-state index in [0.717, 1.165) is 30.2 Å². The van der Waals surface area contributed by atoms with Crippen LogP contribution < -0.4 is 10.1 Å². The molecular formula is C30H31NO7S. The second-order valence-corrected chi connectivity index (χ2v) is 13.2. The number of carbonyl (C=O) groups is 4. The maximum atomic E-state index is 13.3. The molecule has 39 heavy (non-hydrogen) atoms. The van der Waals surface area contributed by atoms with Gasteiger partial charge in [-0.3, -0.25) is 19.7 Å². The lowest BCUT2D eigenvalue weighted by atomic mass is 9.47. The number of benzene rings is 1. The van der Waals surface area contributed by atoms with Crippen LogP contribution in [0.1, 0.15) is 51.5 Å². The number of nitrogens with one attached hydrogen (secondary N) is 1. The largest absolute Gasteiger partial charge is 0.424 e. The summed E-state index contributed by atoms with van der Waals surface area (Å²) in [5, 5.41) is 24.8. The average molecular weight is 550 g/mol. The van der Waals surface area contributed by atoms with Crippen LogP contribution in [0.5, 0.6) is 5.75 Å². The van der Waals surface area contributed by atoms with Gasteiger partial charge in [0.05, 0.1) is 11.0 Å². The van der Waals surface area contributed by atoms with Crippen LogP contribution in [0, 0.1) is 28.6 Å². The Morgan fingerprint density at radius 1 is 1.15 bits per heavy atom. The van der Waals surface area contributed by atoms with E-state index in [1.165, 1.54) is 0 Å². The summed E-state index contributed by atoms with van der Waals surface area (Å²) in [6, 6.07) is 6.51. The number of carbonyl (C=O) groups excluding carboxylic acids is 4. The molecule has 1 aliphatic heterocycles. The number of thioether (sulfide) groups is 1. The molecule has 0 spiro atoms. The molecule has 204 valence electrons. The normalized spacial score (nSPS) is 40.1. The number of aliphatic hydroxyl groups excluding tert-OH is 1. The molecule has 3 saturated carbocycles. The monoisotopic (exact) mass is 549 g/mol. The van der Waals surface area contributed by atoms with Crippen LogP contribution in [0.3, 0.4) is 0 Å². The zero-order valence-electron chi connectivity index (χ0n) is 21.8. The highest BCUT2D eigenvalue weighted by Gasteiger charge is 2.65. The zero-order chi connectivity index (χ0) is 27.7. The van der Waals surface area contributed by atoms with Crippen LogP contribution in [-0.2, 0) is 14.4 Å². The molecule has 4 aliphatic carbocycles. The van der Waals surface area contributed by atoms with Gasteiger partial charge in [-0.1, -0.05) is 37.6 Å². The lowest BCUT2D eigenvalue weighted by Crippen LogP contribution is -2.54. The Balaban J connectivity index is 1.19.